The molecular formula is C12H14FNO5S. The predicted octanol–water partition coefficient (Wildman–Crippen LogP) is 1.31. The molecule has 6 nitrogen and oxygen atoms in total. The molecule has 0 bridgehead atoms. The summed E-state index contributed by atoms with van der Waals surface area (Å²) >= 11 is 0. The van der Waals surface area contributed by atoms with Gasteiger partial charge in [-0.1, -0.05) is 0 Å². The van der Waals surface area contributed by atoms with Gasteiger partial charge in [-0.15, -0.1) is 0 Å². The number of nitrogens with one attached hydrogen (secondary N) is 1. The average molecular weight is 303 g/mol. The summed E-state index contributed by atoms with van der Waals surface area (Å²) in [5.41, 5.74) is 0.110. The van der Waals surface area contributed by atoms with E-state index in [1.54, 1.807) is 0 Å². The summed E-state index contributed by atoms with van der Waals surface area (Å²) in [5, 5.41) is 8.44. The van der Waals surface area contributed by atoms with Crippen molar-refractivity contribution in [3.63, 3.8) is 0 Å². The molecule has 0 aliphatic carbocycles. The maximum Gasteiger partial charge on any atom is 0.328 e. The molecular weight excluding hydrogens is 289 g/mol. The molecule has 0 saturated heterocycles. The number of methoxy groups -OCH3 is 1. The molecule has 0 unspecified atom stereocenters. The van der Waals surface area contributed by atoms with Crippen LogP contribution in [0.5, 0.6) is 0 Å². The molecule has 110 valence electrons. The molecule has 0 atom stereocenters. The number of carboxylic acids is 1. The maximum absolute atomic E-state index is 13.6. The Morgan fingerprint density at radius 2 is 2.20 bits per heavy atom. The van der Waals surface area contributed by atoms with Crippen molar-refractivity contribution < 1.29 is 27.4 Å². The summed E-state index contributed by atoms with van der Waals surface area (Å²) in [6.45, 7) is 0.0250. The van der Waals surface area contributed by atoms with Crippen molar-refractivity contribution in [1.29, 1.82) is 0 Å². The van der Waals surface area contributed by atoms with Crippen LogP contribution in [0.2, 0.25) is 0 Å². The van der Waals surface area contributed by atoms with Crippen molar-refractivity contribution in [2.24, 2.45) is 0 Å². The molecule has 8 heteroatoms. The fourth-order valence-electron chi connectivity index (χ4n) is 1.31. The van der Waals surface area contributed by atoms with E-state index in [-0.39, 0.29) is 23.6 Å². The van der Waals surface area contributed by atoms with Crippen molar-refractivity contribution >= 4 is 27.8 Å². The summed E-state index contributed by atoms with van der Waals surface area (Å²) in [6, 6.07) is 3.60. The largest absolute Gasteiger partial charge is 0.478 e. The van der Waals surface area contributed by atoms with Crippen LogP contribution in [0.15, 0.2) is 24.3 Å². The Balaban J connectivity index is 2.85. The number of hydrogen-bond donors (Lipinski definition) is 2. The smallest absolute Gasteiger partial charge is 0.328 e. The van der Waals surface area contributed by atoms with Crippen molar-refractivity contribution in [3.8, 4) is 0 Å². The van der Waals surface area contributed by atoms with Crippen LogP contribution in [0.4, 0.5) is 10.1 Å². The van der Waals surface area contributed by atoms with Gasteiger partial charge in [-0.2, -0.15) is 0 Å². The van der Waals surface area contributed by atoms with Crippen LogP contribution in [-0.2, 0) is 19.6 Å². The minimum atomic E-state index is -3.61. The Hall–Kier alpha value is -1.93. The Morgan fingerprint density at radius 3 is 2.75 bits per heavy atom. The third-order valence-electron chi connectivity index (χ3n) is 2.24. The van der Waals surface area contributed by atoms with Gasteiger partial charge in [0.25, 0.3) is 0 Å². The molecule has 0 saturated carbocycles. The molecule has 2 N–H and O–H groups in total. The fraction of sp³-hybridized carbons (Fsp3) is 0.250. The molecule has 0 amide bonds. The Morgan fingerprint density at radius 1 is 1.50 bits per heavy atom. The molecule has 0 aromatic heterocycles. The monoisotopic (exact) mass is 303 g/mol. The summed E-state index contributed by atoms with van der Waals surface area (Å²) in [7, 11) is -2.23. The van der Waals surface area contributed by atoms with E-state index in [1.165, 1.54) is 19.2 Å². The van der Waals surface area contributed by atoms with Gasteiger partial charge in [0.15, 0.2) is 0 Å². The van der Waals surface area contributed by atoms with Gasteiger partial charge in [-0.3, -0.25) is 4.72 Å². The molecule has 0 spiro atoms. The number of halogens is 1. The van der Waals surface area contributed by atoms with Crippen LogP contribution in [0.1, 0.15) is 5.56 Å². The predicted molar refractivity (Wildman–Crippen MR) is 72.4 cm³/mol. The highest BCUT2D eigenvalue weighted by Crippen LogP contribution is 2.17. The lowest BCUT2D eigenvalue weighted by atomic mass is 10.2. The fourth-order valence-corrected chi connectivity index (χ4v) is 2.28. The Labute approximate surface area is 115 Å². The van der Waals surface area contributed by atoms with E-state index in [0.29, 0.717) is 0 Å². The van der Waals surface area contributed by atoms with Gasteiger partial charge in [0.2, 0.25) is 10.0 Å². The van der Waals surface area contributed by atoms with Gasteiger partial charge < -0.3 is 9.84 Å². The summed E-state index contributed by atoms with van der Waals surface area (Å²) in [4.78, 5) is 10.3. The third kappa shape index (κ3) is 5.37. The van der Waals surface area contributed by atoms with E-state index in [4.69, 9.17) is 5.11 Å². The quantitative estimate of drug-likeness (QED) is 0.741. The zero-order chi connectivity index (χ0) is 15.2. The van der Waals surface area contributed by atoms with Crippen molar-refractivity contribution in [1.82, 2.24) is 0 Å². The first kappa shape index (κ1) is 16.1. The molecule has 0 fully saturated rings. The SMILES string of the molecule is COCCS(=O)(=O)Nc1ccc(C=CC(=O)O)c(F)c1. The highest BCUT2D eigenvalue weighted by molar-refractivity contribution is 7.92. The Bertz CT molecular complexity index is 612. The van der Waals surface area contributed by atoms with E-state index >= 15 is 0 Å². The number of carboxylic acid groups (broad SMARTS) is 1. The second-order valence-electron chi connectivity index (χ2n) is 3.82. The molecule has 1 aromatic carbocycles. The van der Waals surface area contributed by atoms with Crippen molar-refractivity contribution in [3.05, 3.63) is 35.7 Å². The number of ether oxygens (including phenoxy) is 1. The number of rotatable bonds is 7. The molecule has 1 rings (SSSR count). The van der Waals surface area contributed by atoms with Crippen molar-refractivity contribution in [2.75, 3.05) is 24.2 Å². The summed E-state index contributed by atoms with van der Waals surface area (Å²) in [6.07, 6.45) is 1.88. The standard InChI is InChI=1S/C12H14FNO5S/c1-19-6-7-20(17,18)14-10-4-2-9(11(13)8-10)3-5-12(15)16/h2-5,8,14H,6-7H2,1H3,(H,15,16). The van der Waals surface area contributed by atoms with Crippen LogP contribution in [0.3, 0.4) is 0 Å². The van der Waals surface area contributed by atoms with Crippen LogP contribution in [0.25, 0.3) is 6.08 Å². The van der Waals surface area contributed by atoms with Crippen LogP contribution in [-0.4, -0.2) is 39.0 Å². The van der Waals surface area contributed by atoms with E-state index in [2.05, 4.69) is 9.46 Å². The molecule has 0 aliphatic rings. The van der Waals surface area contributed by atoms with Gasteiger partial charge in [0.05, 0.1) is 18.0 Å². The average Bonchev–Trinajstić information content (AvgIpc) is 2.35. The van der Waals surface area contributed by atoms with Crippen LogP contribution >= 0.6 is 0 Å². The molecule has 0 aliphatic heterocycles. The van der Waals surface area contributed by atoms with E-state index < -0.39 is 21.8 Å². The number of benzene rings is 1. The summed E-state index contributed by atoms with van der Waals surface area (Å²) < 4.78 is 43.6. The van der Waals surface area contributed by atoms with Gasteiger partial charge in [0, 0.05) is 18.7 Å². The third-order valence-corrected chi connectivity index (χ3v) is 3.49. The second kappa shape index (κ2) is 7.01. The maximum atomic E-state index is 13.6. The summed E-state index contributed by atoms with van der Waals surface area (Å²) in [5.74, 6) is -2.17. The van der Waals surface area contributed by atoms with Gasteiger partial charge in [-0.25, -0.2) is 17.6 Å². The minimum Gasteiger partial charge on any atom is -0.478 e. The first-order valence-corrected chi connectivity index (χ1v) is 7.19. The van der Waals surface area contributed by atoms with Gasteiger partial charge >= 0.3 is 5.97 Å². The number of sulfonamides is 1. The van der Waals surface area contributed by atoms with E-state index in [1.807, 2.05) is 0 Å². The first-order chi connectivity index (χ1) is 9.34. The Kier molecular flexibility index (Phi) is 5.66. The van der Waals surface area contributed by atoms with Gasteiger partial charge in [0.1, 0.15) is 5.82 Å². The zero-order valence-electron chi connectivity index (χ0n) is 10.7. The first-order valence-electron chi connectivity index (χ1n) is 5.54. The lowest BCUT2D eigenvalue weighted by Gasteiger charge is -2.08. The minimum absolute atomic E-state index is 0.0250. The normalized spacial score (nSPS) is 11.7. The second-order valence-corrected chi connectivity index (χ2v) is 5.66. The molecule has 0 radical (unpaired) electrons. The number of carbonyl (C=O) groups is 1. The lowest BCUT2D eigenvalue weighted by Crippen LogP contribution is -2.19. The zero-order valence-corrected chi connectivity index (χ0v) is 11.5. The van der Waals surface area contributed by atoms with Crippen LogP contribution < -0.4 is 4.72 Å². The highest BCUT2D eigenvalue weighted by Gasteiger charge is 2.11. The number of aliphatic carboxylic acids is 1. The number of hydrogen-bond acceptors (Lipinski definition) is 4. The molecule has 0 heterocycles. The highest BCUT2D eigenvalue weighted by atomic mass is 32.2. The topological polar surface area (TPSA) is 92.7 Å². The molecule has 20 heavy (non-hydrogen) atoms. The van der Waals surface area contributed by atoms with Crippen LogP contribution in [0, 0.1) is 5.82 Å². The number of anilines is 1. The lowest BCUT2D eigenvalue weighted by molar-refractivity contribution is -0.131. The molecule has 1 aromatic rings. The van der Waals surface area contributed by atoms with E-state index in [0.717, 1.165) is 18.2 Å². The van der Waals surface area contributed by atoms with Gasteiger partial charge in [-0.05, 0) is 24.3 Å². The van der Waals surface area contributed by atoms with E-state index in [9.17, 15) is 17.6 Å². The van der Waals surface area contributed by atoms with Crippen molar-refractivity contribution in [2.45, 2.75) is 0 Å².